The number of pyridine rings is 2. The molecule has 33 heavy (non-hydrogen) atoms. The Labute approximate surface area is 208 Å². The van der Waals surface area contributed by atoms with Crippen LogP contribution in [0.1, 0.15) is 24.2 Å². The molecule has 4 aromatic rings. The molecular formula is C24H23IN4O3S. The summed E-state index contributed by atoms with van der Waals surface area (Å²) in [7, 11) is 3.19. The van der Waals surface area contributed by atoms with Gasteiger partial charge in [-0.3, -0.25) is 3.97 Å². The molecular weight excluding hydrogens is 551 g/mol. The number of hydrogen-bond donors (Lipinski definition) is 1. The first-order chi connectivity index (χ1) is 16.0. The molecule has 0 aliphatic carbocycles. The van der Waals surface area contributed by atoms with E-state index in [2.05, 4.69) is 26.2 Å². The number of carbonyl (C=O) groups is 1. The average molecular weight is 574 g/mol. The van der Waals surface area contributed by atoms with Gasteiger partial charge in [0.2, 0.25) is 0 Å². The minimum absolute atomic E-state index is 0.182. The molecule has 0 saturated heterocycles. The largest absolute Gasteiger partial charge is 0.496 e. The van der Waals surface area contributed by atoms with Crippen LogP contribution in [-0.2, 0) is 0 Å². The molecule has 3 aromatic heterocycles. The zero-order valence-corrected chi connectivity index (χ0v) is 21.4. The summed E-state index contributed by atoms with van der Waals surface area (Å²) in [5.74, 6) is 0.258. The van der Waals surface area contributed by atoms with E-state index in [1.165, 1.54) is 9.12 Å². The van der Waals surface area contributed by atoms with Crippen molar-refractivity contribution >= 4 is 53.1 Å². The van der Waals surface area contributed by atoms with Crippen LogP contribution < -0.4 is 9.64 Å². The fraction of sp³-hybridized carbons (Fsp3) is 0.208. The summed E-state index contributed by atoms with van der Waals surface area (Å²) in [6.07, 6.45) is 5.52. The second kappa shape index (κ2) is 10.0. The number of benzene rings is 1. The van der Waals surface area contributed by atoms with Gasteiger partial charge in [0.15, 0.2) is 5.65 Å². The Bertz CT molecular complexity index is 1320. The third kappa shape index (κ3) is 4.39. The molecule has 0 unspecified atom stereocenters. The highest BCUT2D eigenvalue weighted by molar-refractivity contribution is 14.2. The lowest BCUT2D eigenvalue weighted by atomic mass is 10.0. The molecule has 170 valence electrons. The molecule has 7 nitrogen and oxygen atoms in total. The van der Waals surface area contributed by atoms with E-state index < -0.39 is 5.97 Å². The molecule has 0 atom stereocenters. The number of ether oxygens (including phenoxy) is 1. The predicted octanol–water partition coefficient (Wildman–Crippen LogP) is 6.16. The molecule has 0 radical (unpaired) electrons. The maximum Gasteiger partial charge on any atom is 0.339 e. The van der Waals surface area contributed by atoms with Gasteiger partial charge in [0.25, 0.3) is 0 Å². The first kappa shape index (κ1) is 23.4. The molecule has 0 bridgehead atoms. The maximum atomic E-state index is 12.0. The molecule has 0 fully saturated rings. The summed E-state index contributed by atoms with van der Waals surface area (Å²) in [4.78, 5) is 23.2. The number of methoxy groups -OCH3 is 1. The van der Waals surface area contributed by atoms with E-state index in [1.54, 1.807) is 25.6 Å². The number of nitrogens with zero attached hydrogens (tertiary/aromatic N) is 4. The molecule has 0 spiro atoms. The zero-order chi connectivity index (χ0) is 23.5. The third-order valence-corrected chi connectivity index (χ3v) is 7.28. The van der Waals surface area contributed by atoms with Crippen molar-refractivity contribution in [2.24, 2.45) is 0 Å². The fourth-order valence-electron chi connectivity index (χ4n) is 3.92. The molecule has 0 aliphatic heterocycles. The first-order valence-corrected chi connectivity index (χ1v) is 13.8. The average Bonchev–Trinajstić information content (AvgIpc) is 3.22. The zero-order valence-electron chi connectivity index (χ0n) is 18.4. The van der Waals surface area contributed by atoms with Crippen LogP contribution in [0.15, 0.2) is 55.0 Å². The summed E-state index contributed by atoms with van der Waals surface area (Å²) in [6, 6.07) is 11.6. The Morgan fingerprint density at radius 1 is 1.12 bits per heavy atom. The number of carboxylic acids is 1. The van der Waals surface area contributed by atoms with Crippen LogP contribution in [0, 0.1) is 0 Å². The Kier molecular flexibility index (Phi) is 7.08. The van der Waals surface area contributed by atoms with E-state index in [0.29, 0.717) is 24.5 Å². The SMILES string of the molecule is CCN(CC)c1ncc(-c2cnc3c(c2)c(-c2ccccc2OC)cn3SI)cc1C(=O)O. The minimum Gasteiger partial charge on any atom is -0.496 e. The smallest absolute Gasteiger partial charge is 0.339 e. The lowest BCUT2D eigenvalue weighted by Gasteiger charge is -2.21. The van der Waals surface area contributed by atoms with Gasteiger partial charge in [0, 0.05) is 89.6 Å². The van der Waals surface area contributed by atoms with Crippen LogP contribution in [0.3, 0.4) is 0 Å². The highest BCUT2D eigenvalue weighted by atomic mass is 127. The van der Waals surface area contributed by atoms with Crippen LogP contribution in [-0.4, -0.2) is 45.2 Å². The number of aromatic nitrogens is 3. The van der Waals surface area contributed by atoms with E-state index in [0.717, 1.165) is 33.5 Å². The first-order valence-electron chi connectivity index (χ1n) is 10.4. The Morgan fingerprint density at radius 3 is 2.48 bits per heavy atom. The van der Waals surface area contributed by atoms with E-state index >= 15 is 0 Å². The van der Waals surface area contributed by atoms with Gasteiger partial charge in [-0.15, -0.1) is 0 Å². The van der Waals surface area contributed by atoms with E-state index in [4.69, 9.17) is 9.72 Å². The van der Waals surface area contributed by atoms with Gasteiger partial charge in [0.05, 0.1) is 7.11 Å². The number of rotatable bonds is 8. The Hall–Kier alpha value is -2.79. The van der Waals surface area contributed by atoms with Gasteiger partial charge >= 0.3 is 5.97 Å². The molecule has 3 heterocycles. The number of carboxylic acid groups (broad SMARTS) is 1. The van der Waals surface area contributed by atoms with Crippen LogP contribution in [0.25, 0.3) is 33.3 Å². The highest BCUT2D eigenvalue weighted by Crippen LogP contribution is 2.39. The molecule has 0 aliphatic rings. The van der Waals surface area contributed by atoms with Crippen molar-refractivity contribution in [1.82, 2.24) is 13.9 Å². The number of aromatic carboxylic acids is 1. The van der Waals surface area contributed by atoms with Crippen molar-refractivity contribution in [1.29, 1.82) is 0 Å². The maximum absolute atomic E-state index is 12.0. The Morgan fingerprint density at radius 2 is 1.82 bits per heavy atom. The van der Waals surface area contributed by atoms with Crippen molar-refractivity contribution in [2.75, 3.05) is 25.1 Å². The normalized spacial score (nSPS) is 11.0. The minimum atomic E-state index is -0.998. The second-order valence-electron chi connectivity index (χ2n) is 7.31. The van der Waals surface area contributed by atoms with E-state index in [1.807, 2.05) is 59.2 Å². The summed E-state index contributed by atoms with van der Waals surface area (Å²) < 4.78 is 7.59. The van der Waals surface area contributed by atoms with Crippen molar-refractivity contribution in [2.45, 2.75) is 13.8 Å². The molecule has 1 N–H and O–H groups in total. The van der Waals surface area contributed by atoms with Crippen LogP contribution in [0.2, 0.25) is 0 Å². The van der Waals surface area contributed by atoms with Crippen molar-refractivity contribution in [3.05, 3.63) is 60.6 Å². The Balaban J connectivity index is 1.90. The lowest BCUT2D eigenvalue weighted by molar-refractivity contribution is 0.0697. The van der Waals surface area contributed by atoms with Gasteiger partial charge in [-0.25, -0.2) is 14.8 Å². The molecule has 0 amide bonds. The number of anilines is 1. The van der Waals surface area contributed by atoms with Gasteiger partial charge < -0.3 is 14.7 Å². The quantitative estimate of drug-likeness (QED) is 0.253. The summed E-state index contributed by atoms with van der Waals surface area (Å²) >= 11 is 2.23. The molecule has 1 aromatic carbocycles. The number of halogens is 1. The van der Waals surface area contributed by atoms with Gasteiger partial charge in [-0.05, 0) is 32.0 Å². The van der Waals surface area contributed by atoms with Crippen LogP contribution in [0.4, 0.5) is 5.82 Å². The number of hydrogen-bond acceptors (Lipinski definition) is 6. The lowest BCUT2D eigenvalue weighted by Crippen LogP contribution is -2.25. The number of fused-ring (bicyclic) bond motifs is 1. The summed E-state index contributed by atoms with van der Waals surface area (Å²) in [5.41, 5.74) is 4.47. The number of para-hydroxylation sites is 1. The topological polar surface area (TPSA) is 80.5 Å². The van der Waals surface area contributed by atoms with Crippen molar-refractivity contribution in [3.63, 3.8) is 0 Å². The van der Waals surface area contributed by atoms with Crippen molar-refractivity contribution < 1.29 is 14.6 Å². The second-order valence-corrected chi connectivity index (χ2v) is 9.02. The summed E-state index contributed by atoms with van der Waals surface area (Å²) in [5, 5.41) is 10.8. The molecule has 4 rings (SSSR count). The molecule has 0 saturated carbocycles. The van der Waals surface area contributed by atoms with E-state index in [-0.39, 0.29) is 5.56 Å². The van der Waals surface area contributed by atoms with Crippen LogP contribution >= 0.6 is 30.3 Å². The van der Waals surface area contributed by atoms with Crippen LogP contribution in [0.5, 0.6) is 5.75 Å². The van der Waals surface area contributed by atoms with Gasteiger partial charge in [-0.1, -0.05) is 18.2 Å². The summed E-state index contributed by atoms with van der Waals surface area (Å²) in [6.45, 7) is 5.33. The monoisotopic (exact) mass is 574 g/mol. The highest BCUT2D eigenvalue weighted by Gasteiger charge is 2.19. The van der Waals surface area contributed by atoms with Crippen molar-refractivity contribution in [3.8, 4) is 28.0 Å². The predicted molar refractivity (Wildman–Crippen MR) is 142 cm³/mol. The third-order valence-electron chi connectivity index (χ3n) is 5.58. The fourth-order valence-corrected chi connectivity index (χ4v) is 5.18. The van der Waals surface area contributed by atoms with E-state index in [9.17, 15) is 9.90 Å². The van der Waals surface area contributed by atoms with Gasteiger partial charge in [-0.2, -0.15) is 0 Å². The molecule has 9 heteroatoms. The standard InChI is InChI=1S/C24H23IN4O3S/c1-4-28(5-2)22-19(24(30)31)11-16(12-26-22)15-10-18-20(14-29(33-25)23(18)27-13-15)17-8-6-7-9-21(17)32-3/h6-14H,4-5H2,1-3H3,(H,30,31). The van der Waals surface area contributed by atoms with Gasteiger partial charge in [0.1, 0.15) is 17.1 Å².